The van der Waals surface area contributed by atoms with Gasteiger partial charge < -0.3 is 5.32 Å². The lowest BCUT2D eigenvalue weighted by Crippen LogP contribution is -2.19. The maximum atomic E-state index is 14.5. The molecular weight excluding hydrogens is 263 g/mol. The number of fused-ring (bicyclic) bond motifs is 1. The predicted octanol–water partition coefficient (Wildman–Crippen LogP) is 3.99. The minimum atomic E-state index is -0.184. The van der Waals surface area contributed by atoms with E-state index in [4.69, 9.17) is 0 Å². The van der Waals surface area contributed by atoms with Crippen LogP contribution in [0.1, 0.15) is 22.7 Å². The Kier molecular flexibility index (Phi) is 3.67. The number of halogens is 1. The van der Waals surface area contributed by atoms with E-state index in [9.17, 15) is 4.39 Å². The molecule has 1 unspecified atom stereocenters. The third kappa shape index (κ3) is 2.41. The molecule has 0 saturated heterocycles. The van der Waals surface area contributed by atoms with Crippen molar-refractivity contribution >= 4 is 10.8 Å². The number of nitrogens with one attached hydrogen (secondary N) is 1. The standard InChI is InChI=1S/C18H17FN2/c1-12-5-3-8-16(17(12)19)18(20-2)15-7-4-6-13-11-21-10-9-14(13)15/h3-11,18,20H,1-2H3. The van der Waals surface area contributed by atoms with Crippen LogP contribution >= 0.6 is 0 Å². The first kappa shape index (κ1) is 13.7. The lowest BCUT2D eigenvalue weighted by atomic mass is 9.93. The van der Waals surface area contributed by atoms with Gasteiger partial charge >= 0.3 is 0 Å². The Bertz CT molecular complexity index is 778. The van der Waals surface area contributed by atoms with Crippen LogP contribution in [0.2, 0.25) is 0 Å². The summed E-state index contributed by atoms with van der Waals surface area (Å²) in [6, 6.07) is 13.3. The number of aromatic nitrogens is 1. The normalized spacial score (nSPS) is 12.5. The van der Waals surface area contributed by atoms with Crippen molar-refractivity contribution in [1.29, 1.82) is 0 Å². The molecule has 3 rings (SSSR count). The molecule has 21 heavy (non-hydrogen) atoms. The third-order valence-corrected chi connectivity index (χ3v) is 3.85. The topological polar surface area (TPSA) is 24.9 Å². The highest BCUT2D eigenvalue weighted by Crippen LogP contribution is 2.30. The van der Waals surface area contributed by atoms with Gasteiger partial charge in [0.05, 0.1) is 6.04 Å². The van der Waals surface area contributed by atoms with Gasteiger partial charge in [-0.05, 0) is 36.6 Å². The molecule has 0 radical (unpaired) electrons. The van der Waals surface area contributed by atoms with Gasteiger partial charge in [0.2, 0.25) is 0 Å². The van der Waals surface area contributed by atoms with Crippen LogP contribution in [0, 0.1) is 12.7 Å². The van der Waals surface area contributed by atoms with Crippen LogP contribution in [-0.2, 0) is 0 Å². The molecule has 0 bridgehead atoms. The van der Waals surface area contributed by atoms with Crippen molar-refractivity contribution in [3.05, 3.63) is 77.4 Å². The van der Waals surface area contributed by atoms with Gasteiger partial charge in [-0.1, -0.05) is 36.4 Å². The molecule has 2 nitrogen and oxygen atoms in total. The highest BCUT2D eigenvalue weighted by atomic mass is 19.1. The van der Waals surface area contributed by atoms with Crippen LogP contribution in [0.3, 0.4) is 0 Å². The van der Waals surface area contributed by atoms with Gasteiger partial charge in [-0.15, -0.1) is 0 Å². The Hall–Kier alpha value is -2.26. The summed E-state index contributed by atoms with van der Waals surface area (Å²) < 4.78 is 14.5. The second-order valence-electron chi connectivity index (χ2n) is 5.14. The van der Waals surface area contributed by atoms with E-state index < -0.39 is 0 Å². The zero-order chi connectivity index (χ0) is 14.8. The van der Waals surface area contributed by atoms with Crippen molar-refractivity contribution in [2.24, 2.45) is 0 Å². The van der Waals surface area contributed by atoms with Crippen molar-refractivity contribution in [3.63, 3.8) is 0 Å². The van der Waals surface area contributed by atoms with Gasteiger partial charge in [0.25, 0.3) is 0 Å². The molecule has 0 aliphatic heterocycles. The third-order valence-electron chi connectivity index (χ3n) is 3.85. The van der Waals surface area contributed by atoms with Crippen molar-refractivity contribution in [3.8, 4) is 0 Å². The van der Waals surface area contributed by atoms with Gasteiger partial charge in [0.15, 0.2) is 0 Å². The zero-order valence-corrected chi connectivity index (χ0v) is 12.1. The predicted molar refractivity (Wildman–Crippen MR) is 83.8 cm³/mol. The van der Waals surface area contributed by atoms with Gasteiger partial charge in [-0.2, -0.15) is 0 Å². The Labute approximate surface area is 123 Å². The molecule has 106 valence electrons. The average molecular weight is 280 g/mol. The van der Waals surface area contributed by atoms with Crippen LogP contribution < -0.4 is 5.32 Å². The van der Waals surface area contributed by atoms with Gasteiger partial charge in [0, 0.05) is 23.3 Å². The van der Waals surface area contributed by atoms with Crippen LogP contribution in [0.15, 0.2) is 54.9 Å². The largest absolute Gasteiger partial charge is 0.309 e. The van der Waals surface area contributed by atoms with E-state index in [1.165, 1.54) is 0 Å². The van der Waals surface area contributed by atoms with E-state index in [0.717, 1.165) is 16.3 Å². The van der Waals surface area contributed by atoms with Crippen LogP contribution in [0.4, 0.5) is 4.39 Å². The summed E-state index contributed by atoms with van der Waals surface area (Å²) in [6.45, 7) is 1.79. The highest BCUT2D eigenvalue weighted by Gasteiger charge is 2.19. The first-order chi connectivity index (χ1) is 10.2. The molecule has 0 spiro atoms. The number of aryl methyl sites for hydroxylation is 1. The molecule has 0 saturated carbocycles. The monoisotopic (exact) mass is 280 g/mol. The molecular formula is C18H17FN2. The summed E-state index contributed by atoms with van der Waals surface area (Å²) in [5.74, 6) is -0.150. The van der Waals surface area contributed by atoms with Gasteiger partial charge in [-0.3, -0.25) is 4.98 Å². The molecule has 3 aromatic rings. The fourth-order valence-corrected chi connectivity index (χ4v) is 2.77. The quantitative estimate of drug-likeness (QED) is 0.784. The van der Waals surface area contributed by atoms with E-state index in [1.54, 1.807) is 19.2 Å². The summed E-state index contributed by atoms with van der Waals surface area (Å²) in [7, 11) is 1.85. The minimum absolute atomic E-state index is 0.150. The molecule has 1 aromatic heterocycles. The molecule has 3 heteroatoms. The van der Waals surface area contributed by atoms with E-state index >= 15 is 0 Å². The maximum absolute atomic E-state index is 14.5. The van der Waals surface area contributed by atoms with Crippen molar-refractivity contribution < 1.29 is 4.39 Å². The van der Waals surface area contributed by atoms with Crippen molar-refractivity contribution in [2.45, 2.75) is 13.0 Å². The molecule has 1 heterocycles. The Morgan fingerprint density at radius 3 is 2.62 bits per heavy atom. The summed E-state index contributed by atoms with van der Waals surface area (Å²) in [5.41, 5.74) is 2.39. The maximum Gasteiger partial charge on any atom is 0.131 e. The summed E-state index contributed by atoms with van der Waals surface area (Å²) in [4.78, 5) is 4.15. The minimum Gasteiger partial charge on any atom is -0.309 e. The molecule has 0 fully saturated rings. The number of hydrogen-bond donors (Lipinski definition) is 1. The molecule has 2 aromatic carbocycles. The number of pyridine rings is 1. The highest BCUT2D eigenvalue weighted by molar-refractivity contribution is 5.85. The van der Waals surface area contributed by atoms with E-state index in [2.05, 4.69) is 10.3 Å². The van der Waals surface area contributed by atoms with Crippen molar-refractivity contribution in [2.75, 3.05) is 7.05 Å². The van der Waals surface area contributed by atoms with E-state index in [1.807, 2.05) is 49.6 Å². The van der Waals surface area contributed by atoms with Gasteiger partial charge in [-0.25, -0.2) is 4.39 Å². The Morgan fingerprint density at radius 2 is 1.81 bits per heavy atom. The SMILES string of the molecule is CNC(c1cccc(C)c1F)c1cccc2cnccc12. The van der Waals surface area contributed by atoms with Crippen LogP contribution in [-0.4, -0.2) is 12.0 Å². The first-order valence-corrected chi connectivity index (χ1v) is 6.97. The summed E-state index contributed by atoms with van der Waals surface area (Å²) >= 11 is 0. The molecule has 1 N–H and O–H groups in total. The molecule has 0 aliphatic rings. The average Bonchev–Trinajstić information content (AvgIpc) is 2.52. The lowest BCUT2D eigenvalue weighted by Gasteiger charge is -2.20. The summed E-state index contributed by atoms with van der Waals surface area (Å²) in [5, 5.41) is 5.38. The van der Waals surface area contributed by atoms with Crippen molar-refractivity contribution in [1.82, 2.24) is 10.3 Å². The number of benzene rings is 2. The van der Waals surface area contributed by atoms with Crippen LogP contribution in [0.25, 0.3) is 10.8 Å². The Balaban J connectivity index is 2.21. The first-order valence-electron chi connectivity index (χ1n) is 6.97. The fraction of sp³-hybridized carbons (Fsp3) is 0.167. The number of hydrogen-bond acceptors (Lipinski definition) is 2. The summed E-state index contributed by atoms with van der Waals surface area (Å²) in [6.07, 6.45) is 3.60. The smallest absolute Gasteiger partial charge is 0.131 e. The second kappa shape index (κ2) is 5.62. The molecule has 1 atom stereocenters. The van der Waals surface area contributed by atoms with E-state index in [0.29, 0.717) is 11.1 Å². The number of nitrogens with zero attached hydrogens (tertiary/aromatic N) is 1. The zero-order valence-electron chi connectivity index (χ0n) is 12.1. The number of rotatable bonds is 3. The molecule has 0 aliphatic carbocycles. The second-order valence-corrected chi connectivity index (χ2v) is 5.14. The lowest BCUT2D eigenvalue weighted by molar-refractivity contribution is 0.570. The molecule has 0 amide bonds. The Morgan fingerprint density at radius 1 is 1.05 bits per heavy atom. The van der Waals surface area contributed by atoms with E-state index in [-0.39, 0.29) is 11.9 Å². The van der Waals surface area contributed by atoms with Gasteiger partial charge in [0.1, 0.15) is 5.82 Å². The van der Waals surface area contributed by atoms with Crippen LogP contribution in [0.5, 0.6) is 0 Å². The fourth-order valence-electron chi connectivity index (χ4n) is 2.77.